The molecule has 0 radical (unpaired) electrons. The van der Waals surface area contributed by atoms with Crippen LogP contribution in [-0.4, -0.2) is 30.0 Å². The van der Waals surface area contributed by atoms with E-state index in [0.717, 1.165) is 37.8 Å². The van der Waals surface area contributed by atoms with E-state index in [1.165, 1.54) is 6.07 Å². The van der Waals surface area contributed by atoms with Gasteiger partial charge in [-0.3, -0.25) is 0 Å². The summed E-state index contributed by atoms with van der Waals surface area (Å²) in [4.78, 5) is 0. The maximum Gasteiger partial charge on any atom is 0.160 e. The highest BCUT2D eigenvalue weighted by atomic mass is 19.2. The number of rotatable bonds is 2. The maximum atomic E-state index is 13.3. The van der Waals surface area contributed by atoms with Crippen LogP contribution < -0.4 is 5.32 Å². The largest absolute Gasteiger partial charge is 0.385 e. The molecule has 0 amide bonds. The number of ether oxygens (including phenoxy) is 1. The first-order valence-electron chi connectivity index (χ1n) is 7.11. The third-order valence-corrected chi connectivity index (χ3v) is 4.56. The molecule has 0 spiro atoms. The van der Waals surface area contributed by atoms with Crippen LogP contribution in [0, 0.1) is 17.6 Å². The first-order chi connectivity index (χ1) is 9.59. The van der Waals surface area contributed by atoms with Crippen molar-refractivity contribution in [3.05, 3.63) is 29.8 Å². The molecule has 1 heterocycles. The number of anilines is 1. The number of halogens is 2. The molecule has 3 rings (SSSR count). The first kappa shape index (κ1) is 13.8. The summed E-state index contributed by atoms with van der Waals surface area (Å²) in [6.07, 6.45) is 3.67. The van der Waals surface area contributed by atoms with E-state index >= 15 is 0 Å². The fourth-order valence-electron chi connectivity index (χ4n) is 3.41. The Morgan fingerprint density at radius 3 is 2.85 bits per heavy atom. The lowest BCUT2D eigenvalue weighted by Crippen LogP contribution is -2.60. The highest BCUT2D eigenvalue weighted by Gasteiger charge is 2.48. The van der Waals surface area contributed by atoms with Gasteiger partial charge in [0.05, 0.1) is 12.6 Å². The van der Waals surface area contributed by atoms with Gasteiger partial charge in [-0.25, -0.2) is 8.78 Å². The smallest absolute Gasteiger partial charge is 0.160 e. The fourth-order valence-corrected chi connectivity index (χ4v) is 3.41. The summed E-state index contributed by atoms with van der Waals surface area (Å²) in [6.45, 7) is 0.990. The molecule has 1 aromatic carbocycles. The molecule has 5 heteroatoms. The molecule has 1 aliphatic carbocycles. The highest BCUT2D eigenvalue weighted by molar-refractivity contribution is 5.45. The Labute approximate surface area is 116 Å². The van der Waals surface area contributed by atoms with Gasteiger partial charge in [-0.15, -0.1) is 0 Å². The lowest BCUT2D eigenvalue weighted by molar-refractivity contribution is -0.148. The monoisotopic (exact) mass is 283 g/mol. The Kier molecular flexibility index (Phi) is 3.65. The van der Waals surface area contributed by atoms with E-state index in [1.54, 1.807) is 0 Å². The zero-order valence-electron chi connectivity index (χ0n) is 11.2. The number of benzene rings is 1. The highest BCUT2D eigenvalue weighted by Crippen LogP contribution is 2.40. The zero-order chi connectivity index (χ0) is 14.2. The molecular weight excluding hydrogens is 264 g/mol. The molecule has 1 aromatic rings. The second kappa shape index (κ2) is 5.30. The summed E-state index contributed by atoms with van der Waals surface area (Å²) in [7, 11) is 0. The first-order valence-corrected chi connectivity index (χ1v) is 7.11. The van der Waals surface area contributed by atoms with Gasteiger partial charge in [-0.05, 0) is 37.3 Å². The van der Waals surface area contributed by atoms with E-state index in [1.807, 2.05) is 0 Å². The van der Waals surface area contributed by atoms with Crippen LogP contribution in [0.25, 0.3) is 0 Å². The summed E-state index contributed by atoms with van der Waals surface area (Å²) >= 11 is 0. The van der Waals surface area contributed by atoms with Crippen molar-refractivity contribution in [1.29, 1.82) is 0 Å². The average Bonchev–Trinajstić information content (AvgIpc) is 2.43. The van der Waals surface area contributed by atoms with Crippen molar-refractivity contribution < 1.29 is 18.6 Å². The van der Waals surface area contributed by atoms with Crippen LogP contribution in [0.4, 0.5) is 14.5 Å². The number of nitrogens with one attached hydrogen (secondary N) is 1. The summed E-state index contributed by atoms with van der Waals surface area (Å²) < 4.78 is 31.6. The number of aliphatic hydroxyl groups is 1. The third kappa shape index (κ3) is 2.40. The van der Waals surface area contributed by atoms with Crippen molar-refractivity contribution in [2.45, 2.75) is 37.3 Å². The van der Waals surface area contributed by atoms with Crippen LogP contribution >= 0.6 is 0 Å². The second-order valence-corrected chi connectivity index (χ2v) is 5.79. The summed E-state index contributed by atoms with van der Waals surface area (Å²) in [5.74, 6) is -1.53. The van der Waals surface area contributed by atoms with E-state index < -0.39 is 17.2 Å². The van der Waals surface area contributed by atoms with Crippen LogP contribution in [0.3, 0.4) is 0 Å². The van der Waals surface area contributed by atoms with E-state index in [-0.39, 0.29) is 12.0 Å². The molecule has 1 saturated heterocycles. The predicted molar refractivity (Wildman–Crippen MR) is 71.5 cm³/mol. The quantitative estimate of drug-likeness (QED) is 0.877. The van der Waals surface area contributed by atoms with Crippen molar-refractivity contribution in [3.8, 4) is 0 Å². The van der Waals surface area contributed by atoms with Crippen molar-refractivity contribution in [3.63, 3.8) is 0 Å². The minimum absolute atomic E-state index is 0.189. The molecule has 20 heavy (non-hydrogen) atoms. The Morgan fingerprint density at radius 1 is 1.20 bits per heavy atom. The lowest BCUT2D eigenvalue weighted by Gasteiger charge is -2.48. The van der Waals surface area contributed by atoms with Gasteiger partial charge in [0.2, 0.25) is 0 Å². The molecule has 2 unspecified atom stereocenters. The van der Waals surface area contributed by atoms with E-state index in [0.29, 0.717) is 18.9 Å². The SMILES string of the molecule is O[C@]12COCCC1CCCC2Nc1ccc(F)c(F)c1. The molecule has 2 fully saturated rings. The summed E-state index contributed by atoms with van der Waals surface area (Å²) in [5, 5.41) is 14.0. The molecule has 3 nitrogen and oxygen atoms in total. The van der Waals surface area contributed by atoms with Crippen molar-refractivity contribution in [2.24, 2.45) is 5.92 Å². The Bertz CT molecular complexity index is 495. The van der Waals surface area contributed by atoms with Gasteiger partial charge < -0.3 is 15.2 Å². The van der Waals surface area contributed by atoms with E-state index in [4.69, 9.17) is 4.74 Å². The number of fused-ring (bicyclic) bond motifs is 1. The average molecular weight is 283 g/mol. The Morgan fingerprint density at radius 2 is 2.05 bits per heavy atom. The normalized spacial score (nSPS) is 33.5. The van der Waals surface area contributed by atoms with Gasteiger partial charge in [-0.2, -0.15) is 0 Å². The molecule has 3 atom stereocenters. The molecule has 1 aliphatic heterocycles. The van der Waals surface area contributed by atoms with Crippen LogP contribution in [0.1, 0.15) is 25.7 Å². The van der Waals surface area contributed by atoms with Gasteiger partial charge >= 0.3 is 0 Å². The molecule has 2 aliphatic rings. The van der Waals surface area contributed by atoms with E-state index in [2.05, 4.69) is 5.32 Å². The van der Waals surface area contributed by atoms with Gasteiger partial charge in [0, 0.05) is 18.4 Å². The minimum Gasteiger partial charge on any atom is -0.385 e. The standard InChI is InChI=1S/C15H19F2NO2/c16-12-5-4-11(8-13(12)17)18-14-3-1-2-10-6-7-20-9-15(10,14)19/h4-5,8,10,14,18-19H,1-3,6-7,9H2/t10?,14?,15-/m1/s1. The van der Waals surface area contributed by atoms with Crippen molar-refractivity contribution in [1.82, 2.24) is 0 Å². The fraction of sp³-hybridized carbons (Fsp3) is 0.600. The second-order valence-electron chi connectivity index (χ2n) is 5.79. The van der Waals surface area contributed by atoms with E-state index in [9.17, 15) is 13.9 Å². The van der Waals surface area contributed by atoms with Crippen LogP contribution in [0.5, 0.6) is 0 Å². The molecule has 1 saturated carbocycles. The van der Waals surface area contributed by atoms with Crippen molar-refractivity contribution in [2.75, 3.05) is 18.5 Å². The third-order valence-electron chi connectivity index (χ3n) is 4.56. The van der Waals surface area contributed by atoms with Gasteiger partial charge in [0.15, 0.2) is 11.6 Å². The number of hydrogen-bond donors (Lipinski definition) is 2. The molecule has 110 valence electrons. The predicted octanol–water partition coefficient (Wildman–Crippen LogP) is 2.70. The number of hydrogen-bond acceptors (Lipinski definition) is 3. The van der Waals surface area contributed by atoms with Gasteiger partial charge in [0.1, 0.15) is 5.60 Å². The Hall–Kier alpha value is -1.20. The zero-order valence-corrected chi connectivity index (χ0v) is 11.2. The Balaban J connectivity index is 1.79. The molecule has 0 bridgehead atoms. The topological polar surface area (TPSA) is 41.5 Å². The van der Waals surface area contributed by atoms with Crippen LogP contribution in [0.2, 0.25) is 0 Å². The van der Waals surface area contributed by atoms with Gasteiger partial charge in [0.25, 0.3) is 0 Å². The van der Waals surface area contributed by atoms with Crippen LogP contribution in [0.15, 0.2) is 18.2 Å². The summed E-state index contributed by atoms with van der Waals surface area (Å²) in [5.41, 5.74) is -0.421. The molecule has 2 N–H and O–H groups in total. The summed E-state index contributed by atoms with van der Waals surface area (Å²) in [6, 6.07) is 3.53. The molecule has 0 aromatic heterocycles. The molecular formula is C15H19F2NO2. The van der Waals surface area contributed by atoms with Gasteiger partial charge in [-0.1, -0.05) is 6.42 Å². The van der Waals surface area contributed by atoms with Crippen molar-refractivity contribution >= 4 is 5.69 Å². The van der Waals surface area contributed by atoms with Crippen LogP contribution in [-0.2, 0) is 4.74 Å². The maximum absolute atomic E-state index is 13.3. The minimum atomic E-state index is -0.915. The lowest BCUT2D eigenvalue weighted by atomic mass is 9.70.